The maximum atomic E-state index is 14.1. The molecule has 0 bridgehead atoms. The molecule has 166 valence electrons. The number of amides is 1. The summed E-state index contributed by atoms with van der Waals surface area (Å²) in [5.41, 5.74) is 0.707. The lowest BCUT2D eigenvalue weighted by molar-refractivity contribution is -0.118. The molecular weight excluding hydrogens is 451 g/mol. The Morgan fingerprint density at radius 1 is 1.10 bits per heavy atom. The summed E-state index contributed by atoms with van der Waals surface area (Å²) in [5.74, 6) is -2.06. The van der Waals surface area contributed by atoms with E-state index in [1.807, 2.05) is 0 Å². The minimum absolute atomic E-state index is 0. The van der Waals surface area contributed by atoms with Crippen molar-refractivity contribution in [1.82, 2.24) is 9.88 Å². The second kappa shape index (κ2) is 10.4. The highest BCUT2D eigenvalue weighted by Crippen LogP contribution is 2.31. The van der Waals surface area contributed by atoms with Gasteiger partial charge < -0.3 is 4.74 Å². The Labute approximate surface area is 187 Å². The highest BCUT2D eigenvalue weighted by molar-refractivity contribution is 7.22. The number of morpholine rings is 1. The zero-order valence-electron chi connectivity index (χ0n) is 16.5. The molecule has 0 saturated carbocycles. The average Bonchev–Trinajstić information content (AvgIpc) is 3.14. The maximum Gasteiger partial charge on any atom is 0.233 e. The SMILES string of the molecule is Cl.O=C(Cc1ccc(F)cc1)N(CCN1CCOCC1)c1nc2c(F)cc(F)cc2s1. The van der Waals surface area contributed by atoms with Gasteiger partial charge in [0.05, 0.1) is 24.3 Å². The molecular formula is C21H21ClF3N3O2S. The minimum atomic E-state index is -0.758. The van der Waals surface area contributed by atoms with Crippen LogP contribution < -0.4 is 4.90 Å². The van der Waals surface area contributed by atoms with Gasteiger partial charge in [0, 0.05) is 32.2 Å². The van der Waals surface area contributed by atoms with Crippen molar-refractivity contribution in [2.45, 2.75) is 6.42 Å². The number of nitrogens with zero attached hydrogens (tertiary/aromatic N) is 3. The van der Waals surface area contributed by atoms with Gasteiger partial charge in [0.2, 0.25) is 5.91 Å². The van der Waals surface area contributed by atoms with Crippen LogP contribution in [-0.2, 0) is 16.0 Å². The van der Waals surface area contributed by atoms with E-state index >= 15 is 0 Å². The van der Waals surface area contributed by atoms with Crippen LogP contribution in [0.5, 0.6) is 0 Å². The van der Waals surface area contributed by atoms with Gasteiger partial charge in [0.1, 0.15) is 17.2 Å². The fourth-order valence-electron chi connectivity index (χ4n) is 3.33. The number of halogens is 4. The van der Waals surface area contributed by atoms with Crippen molar-refractivity contribution in [3.05, 3.63) is 59.4 Å². The number of anilines is 1. The third-order valence-corrected chi connectivity index (χ3v) is 5.97. The Bertz CT molecular complexity index is 1040. The van der Waals surface area contributed by atoms with Crippen molar-refractivity contribution in [2.24, 2.45) is 0 Å². The van der Waals surface area contributed by atoms with Gasteiger partial charge in [0.15, 0.2) is 10.9 Å². The van der Waals surface area contributed by atoms with Gasteiger partial charge in [-0.2, -0.15) is 0 Å². The lowest BCUT2D eigenvalue weighted by Crippen LogP contribution is -2.43. The van der Waals surface area contributed by atoms with Crippen molar-refractivity contribution >= 4 is 45.0 Å². The molecule has 4 rings (SSSR count). The molecule has 0 unspecified atom stereocenters. The molecule has 0 aliphatic carbocycles. The molecule has 0 radical (unpaired) electrons. The molecule has 10 heteroatoms. The summed E-state index contributed by atoms with van der Waals surface area (Å²) < 4.78 is 46.6. The van der Waals surface area contributed by atoms with E-state index in [4.69, 9.17) is 4.74 Å². The van der Waals surface area contributed by atoms with E-state index in [1.165, 1.54) is 23.1 Å². The molecule has 1 saturated heterocycles. The molecule has 0 spiro atoms. The van der Waals surface area contributed by atoms with Gasteiger partial charge in [-0.05, 0) is 23.8 Å². The molecule has 3 aromatic rings. The quantitative estimate of drug-likeness (QED) is 0.544. The van der Waals surface area contributed by atoms with E-state index in [2.05, 4.69) is 9.88 Å². The topological polar surface area (TPSA) is 45.7 Å². The average molecular weight is 472 g/mol. The fourth-order valence-corrected chi connectivity index (χ4v) is 4.37. The molecule has 31 heavy (non-hydrogen) atoms. The zero-order valence-corrected chi connectivity index (χ0v) is 18.2. The molecule has 0 N–H and O–H groups in total. The van der Waals surface area contributed by atoms with Gasteiger partial charge in [-0.3, -0.25) is 14.6 Å². The van der Waals surface area contributed by atoms with E-state index in [-0.39, 0.29) is 36.1 Å². The smallest absolute Gasteiger partial charge is 0.233 e. The fraction of sp³-hybridized carbons (Fsp3) is 0.333. The standard InChI is InChI=1S/C21H20F3N3O2S.ClH/c22-15-3-1-14(2-4-15)11-19(28)27(6-5-26-7-9-29-10-8-26)21-25-20-17(24)12-16(23)13-18(20)30-21;/h1-4,12-13H,5-11H2;1H. The Balaban J connectivity index is 0.00000272. The highest BCUT2D eigenvalue weighted by atomic mass is 35.5. The number of carbonyl (C=O) groups is 1. The Morgan fingerprint density at radius 3 is 2.52 bits per heavy atom. The summed E-state index contributed by atoms with van der Waals surface area (Å²) in [7, 11) is 0. The van der Waals surface area contributed by atoms with E-state index in [9.17, 15) is 18.0 Å². The number of benzene rings is 2. The van der Waals surface area contributed by atoms with E-state index in [1.54, 1.807) is 12.1 Å². The van der Waals surface area contributed by atoms with Crippen molar-refractivity contribution < 1.29 is 22.7 Å². The van der Waals surface area contributed by atoms with E-state index < -0.39 is 11.6 Å². The Morgan fingerprint density at radius 2 is 1.81 bits per heavy atom. The number of thiazole rings is 1. The molecule has 0 atom stereocenters. The number of ether oxygens (including phenoxy) is 1. The second-order valence-electron chi connectivity index (χ2n) is 7.03. The Kier molecular flexibility index (Phi) is 7.88. The summed E-state index contributed by atoms with van der Waals surface area (Å²) in [6.45, 7) is 3.75. The highest BCUT2D eigenvalue weighted by Gasteiger charge is 2.23. The molecule has 1 amide bonds. The van der Waals surface area contributed by atoms with Crippen LogP contribution in [0, 0.1) is 17.5 Å². The zero-order chi connectivity index (χ0) is 21.1. The summed E-state index contributed by atoms with van der Waals surface area (Å²) in [6.07, 6.45) is 0.0517. The van der Waals surface area contributed by atoms with Crippen LogP contribution in [0.2, 0.25) is 0 Å². The van der Waals surface area contributed by atoms with Crippen LogP contribution in [0.4, 0.5) is 18.3 Å². The number of hydrogen-bond donors (Lipinski definition) is 0. The summed E-state index contributed by atoms with van der Waals surface area (Å²) in [6, 6.07) is 7.71. The normalized spacial score (nSPS) is 14.4. The third kappa shape index (κ3) is 5.74. The number of hydrogen-bond acceptors (Lipinski definition) is 5. The largest absolute Gasteiger partial charge is 0.379 e. The van der Waals surface area contributed by atoms with Gasteiger partial charge >= 0.3 is 0 Å². The van der Waals surface area contributed by atoms with Crippen LogP contribution in [0.25, 0.3) is 10.2 Å². The number of carbonyl (C=O) groups excluding carboxylic acids is 1. The third-order valence-electron chi connectivity index (χ3n) is 4.95. The van der Waals surface area contributed by atoms with Crippen molar-refractivity contribution in [2.75, 3.05) is 44.3 Å². The summed E-state index contributed by atoms with van der Waals surface area (Å²) in [4.78, 5) is 21.0. The predicted molar refractivity (Wildman–Crippen MR) is 117 cm³/mol. The van der Waals surface area contributed by atoms with Crippen LogP contribution in [-0.4, -0.2) is 55.2 Å². The second-order valence-corrected chi connectivity index (χ2v) is 8.04. The number of aromatic nitrogens is 1. The molecule has 1 aromatic heterocycles. The molecule has 5 nitrogen and oxygen atoms in total. The minimum Gasteiger partial charge on any atom is -0.379 e. The van der Waals surface area contributed by atoms with Crippen molar-refractivity contribution in [3.63, 3.8) is 0 Å². The van der Waals surface area contributed by atoms with Crippen LogP contribution in [0.3, 0.4) is 0 Å². The molecule has 1 fully saturated rings. The van der Waals surface area contributed by atoms with Crippen LogP contribution in [0.1, 0.15) is 5.56 Å². The molecule has 2 heterocycles. The monoisotopic (exact) mass is 471 g/mol. The van der Waals surface area contributed by atoms with Crippen LogP contribution in [0.15, 0.2) is 36.4 Å². The molecule has 1 aliphatic heterocycles. The molecule has 2 aromatic carbocycles. The van der Waals surface area contributed by atoms with Crippen molar-refractivity contribution in [1.29, 1.82) is 0 Å². The number of rotatable bonds is 6. The lowest BCUT2D eigenvalue weighted by atomic mass is 10.1. The first-order valence-electron chi connectivity index (χ1n) is 9.60. The molecule has 1 aliphatic rings. The van der Waals surface area contributed by atoms with E-state index in [0.717, 1.165) is 30.5 Å². The predicted octanol–water partition coefficient (Wildman–Crippen LogP) is 4.04. The number of fused-ring (bicyclic) bond motifs is 1. The Hall–Kier alpha value is -2.20. The van der Waals surface area contributed by atoms with Gasteiger partial charge in [-0.25, -0.2) is 18.2 Å². The first kappa shape index (κ1) is 23.5. The lowest BCUT2D eigenvalue weighted by Gasteiger charge is -2.29. The van der Waals surface area contributed by atoms with E-state index in [0.29, 0.717) is 41.7 Å². The summed E-state index contributed by atoms with van der Waals surface area (Å²) >= 11 is 1.07. The maximum absolute atomic E-state index is 14.1. The first-order valence-corrected chi connectivity index (χ1v) is 10.4. The summed E-state index contributed by atoms with van der Waals surface area (Å²) in [5, 5.41) is 0.315. The van der Waals surface area contributed by atoms with Crippen LogP contribution >= 0.6 is 23.7 Å². The van der Waals surface area contributed by atoms with Gasteiger partial charge in [-0.1, -0.05) is 23.5 Å². The van der Waals surface area contributed by atoms with Gasteiger partial charge in [0.25, 0.3) is 0 Å². The van der Waals surface area contributed by atoms with Crippen molar-refractivity contribution in [3.8, 4) is 0 Å². The first-order chi connectivity index (χ1) is 14.5. The van der Waals surface area contributed by atoms with Gasteiger partial charge in [-0.15, -0.1) is 12.4 Å².